The van der Waals surface area contributed by atoms with Crippen molar-refractivity contribution in [1.82, 2.24) is 9.13 Å². The number of para-hydroxylation sites is 4. The van der Waals surface area contributed by atoms with E-state index >= 15 is 0 Å². The largest absolute Gasteiger partial charge is 0.456 e. The highest BCUT2D eigenvalue weighted by atomic mass is 16.3. The van der Waals surface area contributed by atoms with Gasteiger partial charge in [-0.2, -0.15) is 0 Å². The Morgan fingerprint density at radius 3 is 1.40 bits per heavy atom. The van der Waals surface area contributed by atoms with Crippen LogP contribution in [0.3, 0.4) is 0 Å². The van der Waals surface area contributed by atoms with Crippen LogP contribution in [0.15, 0.2) is 215 Å². The second kappa shape index (κ2) is 13.0. The van der Waals surface area contributed by atoms with Crippen LogP contribution in [-0.4, -0.2) is 9.13 Å². The van der Waals surface area contributed by atoms with Gasteiger partial charge in [-0.25, -0.2) is 0 Å². The number of hydrogen-bond acceptors (Lipinski definition) is 2. The van der Waals surface area contributed by atoms with E-state index < -0.39 is 0 Å². The average Bonchev–Trinajstić information content (AvgIpc) is 4.17. The fourth-order valence-corrected chi connectivity index (χ4v) is 11.2. The highest BCUT2D eigenvalue weighted by molar-refractivity contribution is 6.19. The van der Waals surface area contributed by atoms with Crippen molar-refractivity contribution in [3.8, 4) is 44.8 Å². The summed E-state index contributed by atoms with van der Waals surface area (Å²) in [5.74, 6) is 0. The summed E-state index contributed by atoms with van der Waals surface area (Å²) in [4.78, 5) is 0. The molecule has 4 aromatic heterocycles. The van der Waals surface area contributed by atoms with Gasteiger partial charge < -0.3 is 18.0 Å². The Bertz CT molecular complexity index is 4310. The van der Waals surface area contributed by atoms with Crippen molar-refractivity contribution in [2.24, 2.45) is 0 Å². The summed E-state index contributed by atoms with van der Waals surface area (Å²) >= 11 is 0. The van der Waals surface area contributed by atoms with E-state index in [1.165, 1.54) is 71.6 Å². The number of nitrogens with zero attached hydrogens (tertiary/aromatic N) is 2. The number of rotatable bonds is 4. The van der Waals surface area contributed by atoms with Gasteiger partial charge >= 0.3 is 0 Å². The lowest BCUT2D eigenvalue weighted by Crippen LogP contribution is -1.94. The third-order valence-corrected chi connectivity index (χ3v) is 14.1. The Morgan fingerprint density at radius 2 is 0.785 bits per heavy atom. The lowest BCUT2D eigenvalue weighted by Gasteiger charge is -2.14. The second-order valence-corrected chi connectivity index (χ2v) is 17.6. The minimum Gasteiger partial charge on any atom is -0.456 e. The van der Waals surface area contributed by atoms with Gasteiger partial charge in [-0.3, -0.25) is 0 Å². The summed E-state index contributed by atoms with van der Waals surface area (Å²) < 4.78 is 17.8. The first-order valence-electron chi connectivity index (χ1n) is 22.4. The topological polar surface area (TPSA) is 36.1 Å². The minimum absolute atomic E-state index is 0.891. The summed E-state index contributed by atoms with van der Waals surface area (Å²) in [6.45, 7) is 0. The van der Waals surface area contributed by atoms with Crippen LogP contribution >= 0.6 is 0 Å². The predicted molar refractivity (Wildman–Crippen MR) is 269 cm³/mol. The molecule has 15 rings (SSSR count). The van der Waals surface area contributed by atoms with E-state index in [0.717, 1.165) is 78.2 Å². The van der Waals surface area contributed by atoms with Crippen molar-refractivity contribution in [3.63, 3.8) is 0 Å². The Balaban J connectivity index is 0.974. The second-order valence-electron chi connectivity index (χ2n) is 17.6. The van der Waals surface area contributed by atoms with Gasteiger partial charge in [-0.15, -0.1) is 0 Å². The van der Waals surface area contributed by atoms with Crippen LogP contribution in [0.1, 0.15) is 11.1 Å². The zero-order chi connectivity index (χ0) is 42.3. The highest BCUT2D eigenvalue weighted by Crippen LogP contribution is 2.47. The molecule has 1 aliphatic carbocycles. The molecule has 14 aromatic rings. The van der Waals surface area contributed by atoms with Crippen LogP contribution in [0.25, 0.3) is 132 Å². The van der Waals surface area contributed by atoms with E-state index in [2.05, 4.69) is 203 Å². The van der Waals surface area contributed by atoms with E-state index in [4.69, 9.17) is 8.83 Å². The van der Waals surface area contributed by atoms with Crippen LogP contribution in [-0.2, 0) is 6.42 Å². The van der Waals surface area contributed by atoms with Crippen LogP contribution in [0.4, 0.5) is 0 Å². The molecule has 0 spiro atoms. The van der Waals surface area contributed by atoms with Crippen molar-refractivity contribution in [2.45, 2.75) is 6.42 Å². The third-order valence-electron chi connectivity index (χ3n) is 14.1. The van der Waals surface area contributed by atoms with Crippen molar-refractivity contribution < 1.29 is 8.83 Å². The molecule has 0 atom stereocenters. The molecular formula is C61H36N2O2. The molecular weight excluding hydrogens is 793 g/mol. The highest BCUT2D eigenvalue weighted by Gasteiger charge is 2.25. The SMILES string of the molecule is c1ccc(-n2c3ccc(-c4cc(-c5ccc6c(c5)c5cc7oc8ccccc8c7cc5n6-c5ccccc5)c5c(c4)-c4ccccc4C5)cc3c3cc4oc5ccccc5c4cc32)cc1. The van der Waals surface area contributed by atoms with E-state index in [0.29, 0.717) is 0 Å². The monoisotopic (exact) mass is 828 g/mol. The molecule has 0 amide bonds. The number of furan rings is 2. The first-order chi connectivity index (χ1) is 32.2. The summed E-state index contributed by atoms with van der Waals surface area (Å²) in [6, 6.07) is 75.2. The standard InChI is InChI=1S/C61H36N2O2/c1-3-14-40(15-4-1)62-54-25-23-36(27-48(54)50-34-60-52(32-56(50)62)43-19-9-11-21-58(43)64-60)39-30-45(47-28-37-13-7-8-18-42(37)46(47)31-39)38-24-26-55-49(29-38)51-35-61-53(44-20-10-12-22-59(44)65-61)33-57(51)63(55)41-16-5-2-6-17-41/h1-27,29-35H,28H2. The van der Waals surface area contributed by atoms with E-state index in [1.54, 1.807) is 0 Å². The Kier molecular flexibility index (Phi) is 6.97. The van der Waals surface area contributed by atoms with Gasteiger partial charge in [0.15, 0.2) is 0 Å². The predicted octanol–water partition coefficient (Wildman–Crippen LogP) is 16.6. The van der Waals surface area contributed by atoms with Crippen LogP contribution in [0.2, 0.25) is 0 Å². The normalized spacial score (nSPS) is 12.6. The molecule has 0 unspecified atom stereocenters. The summed E-state index contributed by atoms with van der Waals surface area (Å²) in [7, 11) is 0. The van der Waals surface area contributed by atoms with Crippen LogP contribution in [0, 0.1) is 0 Å². The molecule has 65 heavy (non-hydrogen) atoms. The Morgan fingerprint density at radius 1 is 0.292 bits per heavy atom. The lowest BCUT2D eigenvalue weighted by atomic mass is 9.90. The van der Waals surface area contributed by atoms with Crippen molar-refractivity contribution in [1.29, 1.82) is 0 Å². The molecule has 4 heteroatoms. The van der Waals surface area contributed by atoms with Crippen molar-refractivity contribution in [3.05, 3.63) is 217 Å². The molecule has 0 N–H and O–H groups in total. The quantitative estimate of drug-likeness (QED) is 0.177. The van der Waals surface area contributed by atoms with Gasteiger partial charge in [0.2, 0.25) is 0 Å². The van der Waals surface area contributed by atoms with E-state index in [1.807, 2.05) is 12.1 Å². The van der Waals surface area contributed by atoms with E-state index in [-0.39, 0.29) is 0 Å². The van der Waals surface area contributed by atoms with Crippen LogP contribution in [0.5, 0.6) is 0 Å². The van der Waals surface area contributed by atoms with Gasteiger partial charge in [-0.1, -0.05) is 109 Å². The maximum Gasteiger partial charge on any atom is 0.136 e. The molecule has 302 valence electrons. The maximum atomic E-state index is 6.50. The van der Waals surface area contributed by atoms with Gasteiger partial charge in [0.05, 0.1) is 22.1 Å². The minimum atomic E-state index is 0.891. The van der Waals surface area contributed by atoms with Gasteiger partial charge in [0.1, 0.15) is 22.3 Å². The molecule has 0 saturated heterocycles. The summed E-state index contributed by atoms with van der Waals surface area (Å²) in [5, 5.41) is 9.25. The Hall–Kier alpha value is -8.60. The van der Waals surface area contributed by atoms with Crippen molar-refractivity contribution >= 4 is 87.5 Å². The molecule has 4 nitrogen and oxygen atoms in total. The molecule has 10 aromatic carbocycles. The molecule has 4 heterocycles. The number of benzene rings is 10. The zero-order valence-electron chi connectivity index (χ0n) is 35.0. The lowest BCUT2D eigenvalue weighted by molar-refractivity contribution is 0.669. The number of hydrogen-bond donors (Lipinski definition) is 0. The third kappa shape index (κ3) is 4.96. The molecule has 0 saturated carbocycles. The van der Waals surface area contributed by atoms with E-state index in [9.17, 15) is 0 Å². The summed E-state index contributed by atoms with van der Waals surface area (Å²) in [6.07, 6.45) is 0.891. The first-order valence-corrected chi connectivity index (χ1v) is 22.4. The van der Waals surface area contributed by atoms with Gasteiger partial charge in [-0.05, 0) is 148 Å². The Labute approximate surface area is 372 Å². The van der Waals surface area contributed by atoms with Gasteiger partial charge in [0.25, 0.3) is 0 Å². The zero-order valence-corrected chi connectivity index (χ0v) is 35.0. The number of fused-ring (bicyclic) bond motifs is 15. The van der Waals surface area contributed by atoms with Crippen molar-refractivity contribution in [2.75, 3.05) is 0 Å². The molecule has 0 fully saturated rings. The van der Waals surface area contributed by atoms with Gasteiger partial charge in [0, 0.05) is 54.5 Å². The first kappa shape index (κ1) is 34.9. The molecule has 1 aliphatic rings. The molecule has 0 aliphatic heterocycles. The fraction of sp³-hybridized carbons (Fsp3) is 0.0164. The molecule has 0 radical (unpaired) electrons. The number of aromatic nitrogens is 2. The fourth-order valence-electron chi connectivity index (χ4n) is 11.2. The summed E-state index contributed by atoms with van der Waals surface area (Å²) in [5.41, 5.74) is 20.7. The molecule has 0 bridgehead atoms. The maximum absolute atomic E-state index is 6.50. The smallest absolute Gasteiger partial charge is 0.136 e. The van der Waals surface area contributed by atoms with Crippen LogP contribution < -0.4 is 0 Å². The average molecular weight is 829 g/mol.